The Bertz CT molecular complexity index is 987. The maximum absolute atomic E-state index is 12.5. The predicted molar refractivity (Wildman–Crippen MR) is 106 cm³/mol. The van der Waals surface area contributed by atoms with Crippen molar-refractivity contribution in [3.05, 3.63) is 76.1 Å². The van der Waals surface area contributed by atoms with Gasteiger partial charge in [0, 0.05) is 24.4 Å². The van der Waals surface area contributed by atoms with Crippen LogP contribution >= 0.6 is 11.8 Å². The minimum Gasteiger partial charge on any atom is -0.340 e. The zero-order chi connectivity index (χ0) is 20.1. The van der Waals surface area contributed by atoms with Gasteiger partial charge in [0.15, 0.2) is 5.16 Å². The summed E-state index contributed by atoms with van der Waals surface area (Å²) in [6.07, 6.45) is 1.61. The summed E-state index contributed by atoms with van der Waals surface area (Å²) in [7, 11) is 1.63. The second-order valence-corrected chi connectivity index (χ2v) is 7.19. The van der Waals surface area contributed by atoms with E-state index >= 15 is 0 Å². The van der Waals surface area contributed by atoms with Crippen LogP contribution in [-0.2, 0) is 11.3 Å². The molecular formula is C19H19N5O3S. The lowest BCUT2D eigenvalue weighted by Crippen LogP contribution is -2.28. The van der Waals surface area contributed by atoms with Crippen molar-refractivity contribution in [1.82, 2.24) is 19.7 Å². The lowest BCUT2D eigenvalue weighted by atomic mass is 10.1. The smallest absolute Gasteiger partial charge is 0.274 e. The largest absolute Gasteiger partial charge is 0.340 e. The summed E-state index contributed by atoms with van der Waals surface area (Å²) >= 11 is 1.27. The highest BCUT2D eigenvalue weighted by molar-refractivity contribution is 7.99. The van der Waals surface area contributed by atoms with Crippen LogP contribution in [0.1, 0.15) is 11.1 Å². The summed E-state index contributed by atoms with van der Waals surface area (Å²) in [5.41, 5.74) is 2.57. The quantitative estimate of drug-likeness (QED) is 0.345. The monoisotopic (exact) mass is 397 g/mol. The Hall–Kier alpha value is -3.20. The summed E-state index contributed by atoms with van der Waals surface area (Å²) in [6, 6.07) is 14.3. The molecule has 3 aromatic rings. The number of rotatable bonds is 7. The molecule has 0 unspecified atom stereocenters. The highest BCUT2D eigenvalue weighted by atomic mass is 32.2. The molecule has 1 heterocycles. The van der Waals surface area contributed by atoms with E-state index in [4.69, 9.17) is 0 Å². The average Bonchev–Trinajstić information content (AvgIpc) is 3.15. The molecule has 0 radical (unpaired) electrons. The standard InChI is InChI=1S/C19H19N5O3S/c1-14-7-9-16(10-8-14)23-13-20-21-19(23)28-12-18(25)22(2)11-15-5-3-4-6-17(15)24(26)27/h3-10,13H,11-12H2,1-2H3. The number of hydrogen-bond donors (Lipinski definition) is 0. The first-order valence-corrected chi connectivity index (χ1v) is 9.50. The fourth-order valence-electron chi connectivity index (χ4n) is 2.61. The molecule has 9 heteroatoms. The van der Waals surface area contributed by atoms with Crippen molar-refractivity contribution in [2.45, 2.75) is 18.6 Å². The first-order chi connectivity index (χ1) is 13.5. The van der Waals surface area contributed by atoms with Gasteiger partial charge in [-0.2, -0.15) is 0 Å². The van der Waals surface area contributed by atoms with Crippen LogP contribution in [0.25, 0.3) is 5.69 Å². The van der Waals surface area contributed by atoms with E-state index in [0.717, 1.165) is 11.3 Å². The van der Waals surface area contributed by atoms with E-state index in [1.807, 2.05) is 35.8 Å². The third-order valence-electron chi connectivity index (χ3n) is 4.17. The predicted octanol–water partition coefficient (Wildman–Crippen LogP) is 3.23. The van der Waals surface area contributed by atoms with Gasteiger partial charge >= 0.3 is 0 Å². The van der Waals surface area contributed by atoms with Gasteiger partial charge in [-0.3, -0.25) is 19.5 Å². The van der Waals surface area contributed by atoms with E-state index in [1.54, 1.807) is 31.6 Å². The number of benzene rings is 2. The van der Waals surface area contributed by atoms with E-state index in [0.29, 0.717) is 10.7 Å². The third-order valence-corrected chi connectivity index (χ3v) is 5.10. The number of amides is 1. The zero-order valence-corrected chi connectivity index (χ0v) is 16.3. The zero-order valence-electron chi connectivity index (χ0n) is 15.5. The molecule has 0 aliphatic carbocycles. The van der Waals surface area contributed by atoms with Crippen LogP contribution in [-0.4, -0.2) is 43.3 Å². The molecule has 3 rings (SSSR count). The molecule has 0 saturated heterocycles. The third kappa shape index (κ3) is 4.55. The Labute approximate surface area is 166 Å². The van der Waals surface area contributed by atoms with Crippen LogP contribution in [0.5, 0.6) is 0 Å². The Balaban J connectivity index is 1.64. The number of para-hydroxylation sites is 1. The summed E-state index contributed by atoms with van der Waals surface area (Å²) in [5, 5.41) is 19.8. The van der Waals surface area contributed by atoms with Crippen LogP contribution < -0.4 is 0 Å². The summed E-state index contributed by atoms with van der Waals surface area (Å²) < 4.78 is 1.82. The van der Waals surface area contributed by atoms with Gasteiger partial charge in [0.05, 0.1) is 17.2 Å². The van der Waals surface area contributed by atoms with Gasteiger partial charge in [-0.15, -0.1) is 10.2 Å². The fraction of sp³-hybridized carbons (Fsp3) is 0.211. The number of nitrogens with zero attached hydrogens (tertiary/aromatic N) is 5. The number of aromatic nitrogens is 3. The summed E-state index contributed by atoms with van der Waals surface area (Å²) in [5.74, 6) is 0.00316. The normalized spacial score (nSPS) is 10.6. The fourth-order valence-corrected chi connectivity index (χ4v) is 3.48. The average molecular weight is 397 g/mol. The minimum absolute atomic E-state index is 0.00826. The molecular weight excluding hydrogens is 378 g/mol. The number of thioether (sulfide) groups is 1. The van der Waals surface area contributed by atoms with Crippen molar-refractivity contribution in [3.63, 3.8) is 0 Å². The molecule has 0 spiro atoms. The number of nitro benzene ring substituents is 1. The van der Waals surface area contributed by atoms with E-state index in [9.17, 15) is 14.9 Å². The molecule has 0 aliphatic heterocycles. The highest BCUT2D eigenvalue weighted by Gasteiger charge is 2.18. The van der Waals surface area contributed by atoms with Gasteiger partial charge in [0.25, 0.3) is 5.69 Å². The van der Waals surface area contributed by atoms with Crippen molar-refractivity contribution in [2.75, 3.05) is 12.8 Å². The molecule has 0 bridgehead atoms. The van der Waals surface area contributed by atoms with E-state index in [2.05, 4.69) is 10.2 Å². The van der Waals surface area contributed by atoms with Crippen LogP contribution in [0.2, 0.25) is 0 Å². The number of carbonyl (C=O) groups is 1. The topological polar surface area (TPSA) is 94.2 Å². The maximum atomic E-state index is 12.5. The number of aryl methyl sites for hydroxylation is 1. The van der Waals surface area contributed by atoms with Crippen LogP contribution in [0.3, 0.4) is 0 Å². The first-order valence-electron chi connectivity index (χ1n) is 8.52. The van der Waals surface area contributed by atoms with E-state index < -0.39 is 4.92 Å². The highest BCUT2D eigenvalue weighted by Crippen LogP contribution is 2.22. The van der Waals surface area contributed by atoms with Crippen molar-refractivity contribution < 1.29 is 9.72 Å². The molecule has 0 fully saturated rings. The molecule has 0 N–H and O–H groups in total. The molecule has 0 saturated carbocycles. The maximum Gasteiger partial charge on any atom is 0.274 e. The van der Waals surface area contributed by atoms with Gasteiger partial charge in [0.2, 0.25) is 5.91 Å². The summed E-state index contributed by atoms with van der Waals surface area (Å²) in [6.45, 7) is 2.18. The van der Waals surface area contributed by atoms with Crippen LogP contribution in [0, 0.1) is 17.0 Å². The minimum atomic E-state index is -0.438. The SMILES string of the molecule is Cc1ccc(-n2cnnc2SCC(=O)N(C)Cc2ccccc2[N+](=O)[O-])cc1. The number of carbonyl (C=O) groups excluding carboxylic acids is 1. The van der Waals surface area contributed by atoms with Crippen LogP contribution in [0.15, 0.2) is 60.0 Å². The Morgan fingerprint density at radius 1 is 1.21 bits per heavy atom. The van der Waals surface area contributed by atoms with Crippen molar-refractivity contribution in [2.24, 2.45) is 0 Å². The van der Waals surface area contributed by atoms with Crippen molar-refractivity contribution in [3.8, 4) is 5.69 Å². The number of nitro groups is 1. The molecule has 1 amide bonds. The van der Waals surface area contributed by atoms with Gasteiger partial charge in [-0.1, -0.05) is 47.7 Å². The Morgan fingerprint density at radius 2 is 1.93 bits per heavy atom. The van der Waals surface area contributed by atoms with Gasteiger partial charge in [-0.05, 0) is 19.1 Å². The second-order valence-electron chi connectivity index (χ2n) is 6.24. The van der Waals surface area contributed by atoms with Crippen LogP contribution in [0.4, 0.5) is 5.69 Å². The molecule has 0 aliphatic rings. The molecule has 28 heavy (non-hydrogen) atoms. The van der Waals surface area contributed by atoms with E-state index in [-0.39, 0.29) is 23.9 Å². The molecule has 0 atom stereocenters. The summed E-state index contributed by atoms with van der Waals surface area (Å²) in [4.78, 5) is 24.7. The molecule has 8 nitrogen and oxygen atoms in total. The molecule has 2 aromatic carbocycles. The van der Waals surface area contributed by atoms with Gasteiger partial charge < -0.3 is 4.90 Å². The number of hydrogen-bond acceptors (Lipinski definition) is 6. The van der Waals surface area contributed by atoms with E-state index in [1.165, 1.54) is 22.7 Å². The molecule has 1 aromatic heterocycles. The Morgan fingerprint density at radius 3 is 2.64 bits per heavy atom. The lowest BCUT2D eigenvalue weighted by Gasteiger charge is -2.17. The Kier molecular flexibility index (Phi) is 6.05. The lowest BCUT2D eigenvalue weighted by molar-refractivity contribution is -0.385. The van der Waals surface area contributed by atoms with Crippen molar-refractivity contribution >= 4 is 23.4 Å². The molecule has 144 valence electrons. The van der Waals surface area contributed by atoms with Gasteiger partial charge in [-0.25, -0.2) is 0 Å². The van der Waals surface area contributed by atoms with Gasteiger partial charge in [0.1, 0.15) is 6.33 Å². The second kappa shape index (κ2) is 8.66. The first kappa shape index (κ1) is 19.6. The van der Waals surface area contributed by atoms with Crippen molar-refractivity contribution in [1.29, 1.82) is 0 Å².